The molecule has 0 heterocycles. The molecule has 0 aliphatic rings. The Morgan fingerprint density at radius 1 is 1.14 bits per heavy atom. The molecule has 0 fully saturated rings. The van der Waals surface area contributed by atoms with Crippen LogP contribution in [0.25, 0.3) is 0 Å². The van der Waals surface area contributed by atoms with Crippen molar-refractivity contribution in [2.75, 3.05) is 18.0 Å². The number of carbonyl (C=O) groups is 2. The van der Waals surface area contributed by atoms with E-state index in [1.807, 2.05) is 34.6 Å². The van der Waals surface area contributed by atoms with Crippen LogP contribution in [0.15, 0.2) is 12.1 Å². The molecule has 0 spiro atoms. The number of nitrogens with one attached hydrogen (secondary N) is 2. The molecule has 0 saturated carbocycles. The Hall–Kier alpha value is -2.04. The maximum Gasteiger partial charge on any atom is 0.315 e. The van der Waals surface area contributed by atoms with Gasteiger partial charge in [0.25, 0.3) is 0 Å². The second-order valence-corrected chi connectivity index (χ2v) is 5.97. The molecule has 0 saturated heterocycles. The average molecular weight is 305 g/mol. The smallest absolute Gasteiger partial charge is 0.315 e. The predicted octanol–water partition coefficient (Wildman–Crippen LogP) is 2.67. The first-order valence-corrected chi connectivity index (χ1v) is 7.62. The van der Waals surface area contributed by atoms with Gasteiger partial charge in [-0.15, -0.1) is 0 Å². The van der Waals surface area contributed by atoms with E-state index in [-0.39, 0.29) is 18.0 Å². The van der Waals surface area contributed by atoms with Crippen LogP contribution < -0.4 is 15.5 Å². The average Bonchev–Trinajstić information content (AvgIpc) is 2.34. The zero-order valence-electron chi connectivity index (χ0n) is 14.4. The van der Waals surface area contributed by atoms with E-state index in [1.165, 1.54) is 5.56 Å². The van der Waals surface area contributed by atoms with Crippen molar-refractivity contribution in [3.63, 3.8) is 0 Å². The minimum atomic E-state index is -0.212. The van der Waals surface area contributed by atoms with Gasteiger partial charge < -0.3 is 15.5 Å². The molecule has 5 nitrogen and oxygen atoms in total. The van der Waals surface area contributed by atoms with E-state index in [1.54, 1.807) is 11.8 Å². The van der Waals surface area contributed by atoms with E-state index in [0.717, 1.165) is 16.8 Å². The quantitative estimate of drug-likeness (QED) is 0.878. The van der Waals surface area contributed by atoms with Crippen LogP contribution in [0.1, 0.15) is 37.5 Å². The van der Waals surface area contributed by atoms with E-state index in [2.05, 4.69) is 22.8 Å². The first-order valence-electron chi connectivity index (χ1n) is 7.62. The summed E-state index contributed by atoms with van der Waals surface area (Å²) in [4.78, 5) is 25.3. The highest BCUT2D eigenvalue weighted by Crippen LogP contribution is 2.26. The molecule has 0 aliphatic carbocycles. The van der Waals surface area contributed by atoms with E-state index in [0.29, 0.717) is 13.1 Å². The first kappa shape index (κ1) is 18.0. The monoisotopic (exact) mass is 305 g/mol. The van der Waals surface area contributed by atoms with Crippen molar-refractivity contribution in [2.45, 2.75) is 47.6 Å². The predicted molar refractivity (Wildman–Crippen MR) is 90.4 cm³/mol. The Morgan fingerprint density at radius 2 is 1.68 bits per heavy atom. The summed E-state index contributed by atoms with van der Waals surface area (Å²) in [6, 6.07) is 4.01. The van der Waals surface area contributed by atoms with Crippen molar-refractivity contribution >= 4 is 17.6 Å². The fraction of sp³-hybridized carbons (Fsp3) is 0.529. The molecule has 1 aromatic rings. The lowest BCUT2D eigenvalue weighted by Gasteiger charge is -2.26. The summed E-state index contributed by atoms with van der Waals surface area (Å²) in [6.07, 6.45) is 0. The molecule has 3 amide bonds. The molecule has 1 rings (SSSR count). The summed E-state index contributed by atoms with van der Waals surface area (Å²) in [7, 11) is 0. The van der Waals surface area contributed by atoms with Crippen molar-refractivity contribution in [3.8, 4) is 0 Å². The first-order chi connectivity index (χ1) is 10.2. The fourth-order valence-corrected chi connectivity index (χ4v) is 2.62. The molecular weight excluding hydrogens is 278 g/mol. The SMILES string of the molecule is CC(=O)N(CCNC(=O)NC(C)C)c1c(C)cc(C)cc1C. The molecule has 0 radical (unpaired) electrons. The van der Waals surface area contributed by atoms with Crippen molar-refractivity contribution in [1.29, 1.82) is 0 Å². The minimum Gasteiger partial charge on any atom is -0.336 e. The third kappa shape index (κ3) is 5.06. The van der Waals surface area contributed by atoms with E-state index < -0.39 is 0 Å². The number of amides is 3. The number of aryl methyl sites for hydroxylation is 3. The summed E-state index contributed by atoms with van der Waals surface area (Å²) in [5, 5.41) is 5.54. The number of hydrogen-bond acceptors (Lipinski definition) is 2. The van der Waals surface area contributed by atoms with E-state index in [9.17, 15) is 9.59 Å². The number of rotatable bonds is 5. The number of urea groups is 1. The number of benzene rings is 1. The maximum absolute atomic E-state index is 12.0. The largest absolute Gasteiger partial charge is 0.336 e. The van der Waals surface area contributed by atoms with Gasteiger partial charge in [0, 0.05) is 31.7 Å². The Balaban J connectivity index is 2.80. The molecule has 0 bridgehead atoms. The van der Waals surface area contributed by atoms with Crippen molar-refractivity contribution in [2.24, 2.45) is 0 Å². The van der Waals surface area contributed by atoms with Crippen molar-refractivity contribution in [1.82, 2.24) is 10.6 Å². The molecule has 0 aromatic heterocycles. The van der Waals surface area contributed by atoms with Crippen LogP contribution in [0.3, 0.4) is 0 Å². The Bertz CT molecular complexity index is 530. The van der Waals surface area contributed by atoms with E-state index >= 15 is 0 Å². The van der Waals surface area contributed by atoms with Crippen LogP contribution in [0.2, 0.25) is 0 Å². The normalized spacial score (nSPS) is 10.5. The van der Waals surface area contributed by atoms with Crippen LogP contribution in [-0.4, -0.2) is 31.1 Å². The molecule has 0 unspecified atom stereocenters. The molecular formula is C17H27N3O2. The van der Waals surface area contributed by atoms with Crippen LogP contribution >= 0.6 is 0 Å². The van der Waals surface area contributed by atoms with Gasteiger partial charge in [0.2, 0.25) is 5.91 Å². The number of anilines is 1. The number of carbonyl (C=O) groups excluding carboxylic acids is 2. The summed E-state index contributed by atoms with van der Waals surface area (Å²) in [6.45, 7) is 12.3. The molecule has 122 valence electrons. The third-order valence-corrected chi connectivity index (χ3v) is 3.33. The number of nitrogens with zero attached hydrogens (tertiary/aromatic N) is 1. The maximum atomic E-state index is 12.0. The zero-order chi connectivity index (χ0) is 16.9. The van der Waals surface area contributed by atoms with Crippen molar-refractivity contribution in [3.05, 3.63) is 28.8 Å². The topological polar surface area (TPSA) is 61.4 Å². The molecule has 22 heavy (non-hydrogen) atoms. The van der Waals surface area contributed by atoms with Crippen LogP contribution in [0, 0.1) is 20.8 Å². The van der Waals surface area contributed by atoms with Gasteiger partial charge in [0.15, 0.2) is 0 Å². The highest BCUT2D eigenvalue weighted by Gasteiger charge is 2.16. The molecule has 2 N–H and O–H groups in total. The van der Waals surface area contributed by atoms with Gasteiger partial charge in [-0.1, -0.05) is 17.7 Å². The van der Waals surface area contributed by atoms with Gasteiger partial charge in [-0.3, -0.25) is 4.79 Å². The van der Waals surface area contributed by atoms with Crippen LogP contribution in [0.5, 0.6) is 0 Å². The summed E-state index contributed by atoms with van der Waals surface area (Å²) in [5.74, 6) is -0.0267. The molecule has 0 atom stereocenters. The highest BCUT2D eigenvalue weighted by atomic mass is 16.2. The third-order valence-electron chi connectivity index (χ3n) is 3.33. The molecule has 1 aromatic carbocycles. The Labute approximate surface area is 133 Å². The lowest BCUT2D eigenvalue weighted by atomic mass is 10.0. The lowest BCUT2D eigenvalue weighted by molar-refractivity contribution is -0.116. The Kier molecular flexibility index (Phi) is 6.40. The zero-order valence-corrected chi connectivity index (χ0v) is 14.4. The van der Waals surface area contributed by atoms with Crippen LogP contribution in [-0.2, 0) is 4.79 Å². The highest BCUT2D eigenvalue weighted by molar-refractivity contribution is 5.93. The summed E-state index contributed by atoms with van der Waals surface area (Å²) >= 11 is 0. The van der Waals surface area contributed by atoms with Gasteiger partial charge >= 0.3 is 6.03 Å². The fourth-order valence-electron chi connectivity index (χ4n) is 2.62. The minimum absolute atomic E-state index is 0.0267. The standard InChI is InChI=1S/C17H27N3O2/c1-11(2)19-17(22)18-7-8-20(15(6)21)16-13(4)9-12(3)10-14(16)5/h9-11H,7-8H2,1-6H3,(H2,18,19,22). The Morgan fingerprint density at radius 3 is 2.14 bits per heavy atom. The van der Waals surface area contributed by atoms with Crippen molar-refractivity contribution < 1.29 is 9.59 Å². The molecule has 5 heteroatoms. The van der Waals surface area contributed by atoms with Crippen LogP contribution in [0.4, 0.5) is 10.5 Å². The van der Waals surface area contributed by atoms with E-state index in [4.69, 9.17) is 0 Å². The van der Waals surface area contributed by atoms with Gasteiger partial charge in [-0.2, -0.15) is 0 Å². The molecule has 0 aliphatic heterocycles. The van der Waals surface area contributed by atoms with Gasteiger partial charge in [0.1, 0.15) is 0 Å². The second kappa shape index (κ2) is 7.82. The van der Waals surface area contributed by atoms with Gasteiger partial charge in [0.05, 0.1) is 0 Å². The van der Waals surface area contributed by atoms with Gasteiger partial charge in [-0.05, 0) is 45.7 Å². The second-order valence-electron chi connectivity index (χ2n) is 5.97. The summed E-state index contributed by atoms with van der Waals surface area (Å²) in [5.41, 5.74) is 4.25. The van der Waals surface area contributed by atoms with Gasteiger partial charge in [-0.25, -0.2) is 4.79 Å². The summed E-state index contributed by atoms with van der Waals surface area (Å²) < 4.78 is 0. The lowest BCUT2D eigenvalue weighted by Crippen LogP contribution is -2.44. The number of hydrogen-bond donors (Lipinski definition) is 2.